The highest BCUT2D eigenvalue weighted by molar-refractivity contribution is 9.10. The summed E-state index contributed by atoms with van der Waals surface area (Å²) in [7, 11) is 0. The summed E-state index contributed by atoms with van der Waals surface area (Å²) < 4.78 is 16.5. The Morgan fingerprint density at radius 3 is 2.90 bits per heavy atom. The zero-order valence-electron chi connectivity index (χ0n) is 11.7. The molecule has 0 amide bonds. The van der Waals surface area contributed by atoms with Crippen LogP contribution in [0.1, 0.15) is 18.3 Å². The summed E-state index contributed by atoms with van der Waals surface area (Å²) in [6.07, 6.45) is 3.80. The lowest BCUT2D eigenvalue weighted by atomic mass is 10.1. The summed E-state index contributed by atoms with van der Waals surface area (Å²) in [6, 6.07) is 5.16. The Labute approximate surface area is 127 Å². The molecule has 3 nitrogen and oxygen atoms in total. The number of nitrogens with zero attached hydrogens (tertiary/aromatic N) is 2. The number of halogens is 2. The van der Waals surface area contributed by atoms with Gasteiger partial charge in [0.2, 0.25) is 0 Å². The minimum Gasteiger partial charge on any atom is -0.335 e. The molecule has 5 heteroatoms. The summed E-state index contributed by atoms with van der Waals surface area (Å²) in [6.45, 7) is 6.48. The molecule has 0 radical (unpaired) electrons. The minimum absolute atomic E-state index is 0.176. The second kappa shape index (κ2) is 6.99. The van der Waals surface area contributed by atoms with Gasteiger partial charge in [-0.25, -0.2) is 9.37 Å². The van der Waals surface area contributed by atoms with Gasteiger partial charge in [0.1, 0.15) is 11.6 Å². The Balaban J connectivity index is 1.79. The smallest absolute Gasteiger partial charge is 0.128 e. The molecule has 1 aromatic carbocycles. The van der Waals surface area contributed by atoms with E-state index in [1.807, 2.05) is 25.4 Å². The number of rotatable bonds is 6. The van der Waals surface area contributed by atoms with Crippen LogP contribution in [0.15, 0.2) is 35.1 Å². The molecule has 20 heavy (non-hydrogen) atoms. The van der Waals surface area contributed by atoms with Crippen molar-refractivity contribution in [2.24, 2.45) is 5.92 Å². The fraction of sp³-hybridized carbons (Fsp3) is 0.400. The van der Waals surface area contributed by atoms with Crippen LogP contribution < -0.4 is 5.32 Å². The molecule has 0 saturated heterocycles. The van der Waals surface area contributed by atoms with E-state index in [4.69, 9.17) is 0 Å². The fourth-order valence-corrected chi connectivity index (χ4v) is 2.45. The first-order valence-corrected chi connectivity index (χ1v) is 7.48. The summed E-state index contributed by atoms with van der Waals surface area (Å²) in [4.78, 5) is 4.21. The average molecular weight is 340 g/mol. The van der Waals surface area contributed by atoms with Gasteiger partial charge in [0.05, 0.1) is 0 Å². The van der Waals surface area contributed by atoms with E-state index in [1.165, 1.54) is 6.07 Å². The monoisotopic (exact) mass is 339 g/mol. The maximum Gasteiger partial charge on any atom is 0.128 e. The molecule has 1 unspecified atom stereocenters. The van der Waals surface area contributed by atoms with Gasteiger partial charge in [0.25, 0.3) is 0 Å². The molecule has 0 bridgehead atoms. The number of nitrogens with one attached hydrogen (secondary N) is 1. The third-order valence-electron chi connectivity index (χ3n) is 3.26. The molecule has 0 spiro atoms. The first-order chi connectivity index (χ1) is 9.56. The number of hydrogen-bond acceptors (Lipinski definition) is 2. The van der Waals surface area contributed by atoms with Gasteiger partial charge < -0.3 is 9.88 Å². The summed E-state index contributed by atoms with van der Waals surface area (Å²) in [5.41, 5.74) is 0.694. The molecule has 1 aromatic heterocycles. The van der Waals surface area contributed by atoms with E-state index in [1.54, 1.807) is 6.07 Å². The van der Waals surface area contributed by atoms with Crippen molar-refractivity contribution in [2.45, 2.75) is 26.9 Å². The van der Waals surface area contributed by atoms with Crippen molar-refractivity contribution < 1.29 is 4.39 Å². The molecule has 1 N–H and O–H groups in total. The van der Waals surface area contributed by atoms with Crippen molar-refractivity contribution in [3.8, 4) is 0 Å². The van der Waals surface area contributed by atoms with Crippen LogP contribution in [0.25, 0.3) is 0 Å². The van der Waals surface area contributed by atoms with Gasteiger partial charge in [-0.2, -0.15) is 0 Å². The van der Waals surface area contributed by atoms with Crippen LogP contribution in [0.2, 0.25) is 0 Å². The van der Waals surface area contributed by atoms with Gasteiger partial charge in [-0.15, -0.1) is 0 Å². The predicted octanol–water partition coefficient (Wildman–Crippen LogP) is 3.52. The molecule has 0 saturated carbocycles. The third kappa shape index (κ3) is 4.15. The number of hydrogen-bond donors (Lipinski definition) is 1. The van der Waals surface area contributed by atoms with E-state index in [2.05, 4.69) is 37.7 Å². The molecule has 0 aliphatic heterocycles. The molecular weight excluding hydrogens is 321 g/mol. The van der Waals surface area contributed by atoms with Crippen molar-refractivity contribution >= 4 is 15.9 Å². The molecule has 0 aliphatic rings. The molecule has 1 heterocycles. The Morgan fingerprint density at radius 1 is 1.45 bits per heavy atom. The molecular formula is C15H19BrFN3. The lowest BCUT2D eigenvalue weighted by molar-refractivity contribution is 0.437. The van der Waals surface area contributed by atoms with Gasteiger partial charge in [0, 0.05) is 35.5 Å². The van der Waals surface area contributed by atoms with E-state index in [9.17, 15) is 4.39 Å². The lowest BCUT2D eigenvalue weighted by Gasteiger charge is -2.14. The van der Waals surface area contributed by atoms with Crippen molar-refractivity contribution in [2.75, 3.05) is 6.54 Å². The molecule has 2 rings (SSSR count). The highest BCUT2D eigenvalue weighted by atomic mass is 79.9. The van der Waals surface area contributed by atoms with Gasteiger partial charge in [-0.1, -0.05) is 28.9 Å². The Kier molecular flexibility index (Phi) is 5.31. The largest absolute Gasteiger partial charge is 0.335 e. The van der Waals surface area contributed by atoms with Crippen molar-refractivity contribution in [1.29, 1.82) is 0 Å². The van der Waals surface area contributed by atoms with Crippen molar-refractivity contribution in [3.63, 3.8) is 0 Å². The second-order valence-electron chi connectivity index (χ2n) is 5.10. The Morgan fingerprint density at radius 2 is 2.25 bits per heavy atom. The Hall–Kier alpha value is -1.20. The van der Waals surface area contributed by atoms with E-state index in [-0.39, 0.29) is 5.82 Å². The van der Waals surface area contributed by atoms with Crippen LogP contribution in [0.3, 0.4) is 0 Å². The van der Waals surface area contributed by atoms with E-state index in [0.717, 1.165) is 23.4 Å². The number of aromatic nitrogens is 2. The highest BCUT2D eigenvalue weighted by Gasteiger charge is 2.06. The SMILES string of the molecule is Cc1nccn1CC(C)CNCc1ccc(Br)cc1F. The quantitative estimate of drug-likeness (QED) is 0.872. The van der Waals surface area contributed by atoms with Crippen LogP contribution >= 0.6 is 15.9 Å². The summed E-state index contributed by atoms with van der Waals surface area (Å²) >= 11 is 3.26. The summed E-state index contributed by atoms with van der Waals surface area (Å²) in [5.74, 6) is 1.31. The predicted molar refractivity (Wildman–Crippen MR) is 81.9 cm³/mol. The zero-order chi connectivity index (χ0) is 14.5. The Bertz CT molecular complexity index is 568. The average Bonchev–Trinajstić information content (AvgIpc) is 2.78. The topological polar surface area (TPSA) is 29.9 Å². The first kappa shape index (κ1) is 15.2. The van der Waals surface area contributed by atoms with Gasteiger partial charge in [-0.05, 0) is 31.5 Å². The number of imidazole rings is 1. The molecule has 108 valence electrons. The number of aryl methyl sites for hydroxylation is 1. The van der Waals surface area contributed by atoms with Crippen LogP contribution in [-0.2, 0) is 13.1 Å². The normalized spacial score (nSPS) is 12.6. The first-order valence-electron chi connectivity index (χ1n) is 6.68. The van der Waals surface area contributed by atoms with E-state index < -0.39 is 0 Å². The van der Waals surface area contributed by atoms with E-state index in [0.29, 0.717) is 18.0 Å². The molecule has 0 fully saturated rings. The lowest BCUT2D eigenvalue weighted by Crippen LogP contribution is -2.24. The molecule has 2 aromatic rings. The highest BCUT2D eigenvalue weighted by Crippen LogP contribution is 2.15. The fourth-order valence-electron chi connectivity index (χ4n) is 2.12. The van der Waals surface area contributed by atoms with Crippen LogP contribution in [0.4, 0.5) is 4.39 Å². The third-order valence-corrected chi connectivity index (χ3v) is 3.75. The standard InChI is InChI=1S/C15H19BrFN3/c1-11(10-20-6-5-19-12(20)2)8-18-9-13-3-4-14(16)7-15(13)17/h3-7,11,18H,8-10H2,1-2H3. The van der Waals surface area contributed by atoms with Crippen LogP contribution in [-0.4, -0.2) is 16.1 Å². The maximum absolute atomic E-state index is 13.7. The number of benzene rings is 1. The molecule has 1 atom stereocenters. The van der Waals surface area contributed by atoms with Crippen LogP contribution in [0.5, 0.6) is 0 Å². The van der Waals surface area contributed by atoms with Gasteiger partial charge in [-0.3, -0.25) is 0 Å². The van der Waals surface area contributed by atoms with Gasteiger partial charge >= 0.3 is 0 Å². The maximum atomic E-state index is 13.7. The molecule has 0 aliphatic carbocycles. The minimum atomic E-state index is -0.176. The zero-order valence-corrected chi connectivity index (χ0v) is 13.3. The van der Waals surface area contributed by atoms with Crippen molar-refractivity contribution in [1.82, 2.24) is 14.9 Å². The van der Waals surface area contributed by atoms with Crippen molar-refractivity contribution in [3.05, 3.63) is 52.3 Å². The van der Waals surface area contributed by atoms with Gasteiger partial charge in [0.15, 0.2) is 0 Å². The summed E-state index contributed by atoms with van der Waals surface area (Å²) in [5, 5.41) is 3.30. The van der Waals surface area contributed by atoms with Crippen LogP contribution in [0, 0.1) is 18.7 Å². The van der Waals surface area contributed by atoms with E-state index >= 15 is 0 Å². The second-order valence-corrected chi connectivity index (χ2v) is 6.01.